The van der Waals surface area contributed by atoms with E-state index in [0.717, 1.165) is 45.2 Å². The third-order valence-electron chi connectivity index (χ3n) is 7.49. The normalized spacial score (nSPS) is 36.6. The second kappa shape index (κ2) is 7.37. The second-order valence-corrected chi connectivity index (χ2v) is 8.69. The maximum Gasteiger partial charge on any atom is 0.407 e. The Labute approximate surface area is 156 Å². The molecule has 3 heterocycles. The van der Waals surface area contributed by atoms with Crippen LogP contribution >= 0.6 is 0 Å². The van der Waals surface area contributed by atoms with Crippen molar-refractivity contribution < 1.29 is 14.7 Å². The Hall–Kier alpha value is -1.30. The molecule has 0 radical (unpaired) electrons. The van der Waals surface area contributed by atoms with Crippen molar-refractivity contribution in [1.29, 1.82) is 0 Å². The highest BCUT2D eigenvalue weighted by Crippen LogP contribution is 2.40. The molecule has 1 aliphatic carbocycles. The van der Waals surface area contributed by atoms with Crippen molar-refractivity contribution >= 4 is 12.0 Å². The third kappa shape index (κ3) is 3.10. The van der Waals surface area contributed by atoms with E-state index in [9.17, 15) is 14.7 Å². The largest absolute Gasteiger partial charge is 0.465 e. The third-order valence-corrected chi connectivity index (χ3v) is 7.49. The standard InChI is InChI=1S/C20H33N3O3/c1-2-16-18(9-12-22(16)20(25)26)21-10-7-15(8-11-21)23-17-6-4-3-5-14(17)13-19(23)24/h14-18H,2-13H2,1H3,(H,25,26)/t14-,16?,17+,18-/m1/s1. The molecule has 3 saturated heterocycles. The summed E-state index contributed by atoms with van der Waals surface area (Å²) >= 11 is 0. The van der Waals surface area contributed by atoms with E-state index in [4.69, 9.17) is 0 Å². The summed E-state index contributed by atoms with van der Waals surface area (Å²) in [6.07, 6.45) is 8.93. The minimum atomic E-state index is -0.778. The highest BCUT2D eigenvalue weighted by molar-refractivity contribution is 5.79. The van der Waals surface area contributed by atoms with E-state index in [2.05, 4.69) is 16.7 Å². The summed E-state index contributed by atoms with van der Waals surface area (Å²) in [5.41, 5.74) is 0. The van der Waals surface area contributed by atoms with Crippen LogP contribution in [0.25, 0.3) is 0 Å². The number of rotatable bonds is 3. The van der Waals surface area contributed by atoms with Gasteiger partial charge in [0.05, 0.1) is 6.04 Å². The molecule has 0 bridgehead atoms. The Bertz CT molecular complexity index is 546. The summed E-state index contributed by atoms with van der Waals surface area (Å²) < 4.78 is 0. The van der Waals surface area contributed by atoms with Crippen LogP contribution in [0.3, 0.4) is 0 Å². The number of carbonyl (C=O) groups is 2. The van der Waals surface area contributed by atoms with E-state index in [1.165, 1.54) is 25.7 Å². The fraction of sp³-hybridized carbons (Fsp3) is 0.900. The lowest BCUT2D eigenvalue weighted by molar-refractivity contribution is -0.132. The van der Waals surface area contributed by atoms with Crippen LogP contribution in [0.2, 0.25) is 0 Å². The Morgan fingerprint density at radius 3 is 2.46 bits per heavy atom. The van der Waals surface area contributed by atoms with Crippen molar-refractivity contribution in [2.45, 2.75) is 88.9 Å². The van der Waals surface area contributed by atoms with E-state index in [-0.39, 0.29) is 6.04 Å². The quantitative estimate of drug-likeness (QED) is 0.837. The highest BCUT2D eigenvalue weighted by Gasteiger charge is 2.46. The monoisotopic (exact) mass is 363 g/mol. The molecular weight excluding hydrogens is 330 g/mol. The molecule has 1 N–H and O–H groups in total. The topological polar surface area (TPSA) is 64.1 Å². The van der Waals surface area contributed by atoms with Crippen molar-refractivity contribution in [3.8, 4) is 0 Å². The van der Waals surface area contributed by atoms with Gasteiger partial charge in [0.1, 0.15) is 0 Å². The van der Waals surface area contributed by atoms with Gasteiger partial charge in [-0.25, -0.2) is 4.79 Å². The smallest absolute Gasteiger partial charge is 0.407 e. The summed E-state index contributed by atoms with van der Waals surface area (Å²) in [6, 6.07) is 1.39. The van der Waals surface area contributed by atoms with Crippen LogP contribution in [0.1, 0.15) is 64.7 Å². The molecule has 146 valence electrons. The molecular formula is C20H33N3O3. The van der Waals surface area contributed by atoms with Gasteiger partial charge >= 0.3 is 6.09 Å². The maximum absolute atomic E-state index is 12.6. The molecule has 4 aliphatic rings. The zero-order valence-corrected chi connectivity index (χ0v) is 16.0. The lowest BCUT2D eigenvalue weighted by Gasteiger charge is -2.44. The van der Waals surface area contributed by atoms with E-state index in [0.29, 0.717) is 36.5 Å². The number of piperidine rings is 1. The number of nitrogens with zero attached hydrogens (tertiary/aromatic N) is 3. The summed E-state index contributed by atoms with van der Waals surface area (Å²) in [5, 5.41) is 9.42. The van der Waals surface area contributed by atoms with Crippen molar-refractivity contribution in [1.82, 2.24) is 14.7 Å². The van der Waals surface area contributed by atoms with E-state index >= 15 is 0 Å². The molecule has 4 fully saturated rings. The average Bonchev–Trinajstić information content (AvgIpc) is 3.22. The lowest BCUT2D eigenvalue weighted by Crippen LogP contribution is -2.53. The average molecular weight is 364 g/mol. The number of carbonyl (C=O) groups excluding carboxylic acids is 1. The van der Waals surface area contributed by atoms with Crippen LogP contribution in [-0.4, -0.2) is 75.6 Å². The van der Waals surface area contributed by atoms with Crippen molar-refractivity contribution in [2.75, 3.05) is 19.6 Å². The van der Waals surface area contributed by atoms with Crippen LogP contribution in [0, 0.1) is 5.92 Å². The summed E-state index contributed by atoms with van der Waals surface area (Å²) in [6.45, 7) is 4.76. The Morgan fingerprint density at radius 1 is 1.04 bits per heavy atom. The maximum atomic E-state index is 12.6. The number of fused-ring (bicyclic) bond motifs is 1. The predicted octanol–water partition coefficient (Wildman–Crippen LogP) is 2.77. The number of hydrogen-bond acceptors (Lipinski definition) is 3. The van der Waals surface area contributed by atoms with Crippen molar-refractivity contribution in [3.63, 3.8) is 0 Å². The van der Waals surface area contributed by atoms with Gasteiger partial charge in [0.2, 0.25) is 5.91 Å². The van der Waals surface area contributed by atoms with Gasteiger partial charge in [-0.05, 0) is 44.4 Å². The summed E-state index contributed by atoms with van der Waals surface area (Å²) in [7, 11) is 0. The van der Waals surface area contributed by atoms with Gasteiger partial charge < -0.3 is 14.9 Å². The lowest BCUT2D eigenvalue weighted by atomic mass is 9.84. The van der Waals surface area contributed by atoms with Gasteiger partial charge in [-0.1, -0.05) is 19.8 Å². The van der Waals surface area contributed by atoms with Gasteiger partial charge in [-0.2, -0.15) is 0 Å². The first kappa shape index (κ1) is 18.1. The SMILES string of the molecule is CCC1[C@H](N2CCC(N3C(=O)C[C@H]4CCCC[C@@H]43)CC2)CCN1C(=O)O. The number of carboxylic acid groups (broad SMARTS) is 1. The molecule has 26 heavy (non-hydrogen) atoms. The van der Waals surface area contributed by atoms with Gasteiger partial charge in [0, 0.05) is 44.2 Å². The summed E-state index contributed by atoms with van der Waals surface area (Å²) in [4.78, 5) is 30.5. The molecule has 6 nitrogen and oxygen atoms in total. The molecule has 0 aromatic heterocycles. The van der Waals surface area contributed by atoms with Gasteiger partial charge in [0.25, 0.3) is 0 Å². The molecule has 3 aliphatic heterocycles. The molecule has 4 atom stereocenters. The zero-order chi connectivity index (χ0) is 18.3. The zero-order valence-electron chi connectivity index (χ0n) is 16.0. The van der Waals surface area contributed by atoms with Crippen LogP contribution in [0.15, 0.2) is 0 Å². The van der Waals surface area contributed by atoms with Gasteiger partial charge in [-0.3, -0.25) is 9.69 Å². The first-order valence-corrected chi connectivity index (χ1v) is 10.6. The predicted molar refractivity (Wildman–Crippen MR) is 99.0 cm³/mol. The number of hydrogen-bond donors (Lipinski definition) is 1. The highest BCUT2D eigenvalue weighted by atomic mass is 16.4. The van der Waals surface area contributed by atoms with Crippen LogP contribution in [0.4, 0.5) is 4.79 Å². The minimum absolute atomic E-state index is 0.125. The van der Waals surface area contributed by atoms with Crippen molar-refractivity contribution in [2.24, 2.45) is 5.92 Å². The first-order valence-electron chi connectivity index (χ1n) is 10.6. The second-order valence-electron chi connectivity index (χ2n) is 8.69. The molecule has 6 heteroatoms. The number of likely N-dealkylation sites (tertiary alicyclic amines) is 3. The van der Waals surface area contributed by atoms with Crippen LogP contribution in [0.5, 0.6) is 0 Å². The summed E-state index contributed by atoms with van der Waals surface area (Å²) in [5.74, 6) is 1.00. The minimum Gasteiger partial charge on any atom is -0.465 e. The van der Waals surface area contributed by atoms with E-state index in [1.54, 1.807) is 4.90 Å². The van der Waals surface area contributed by atoms with Gasteiger partial charge in [-0.15, -0.1) is 0 Å². The molecule has 0 aromatic carbocycles. The van der Waals surface area contributed by atoms with Crippen LogP contribution in [-0.2, 0) is 4.79 Å². The Balaban J connectivity index is 1.37. The Kier molecular flexibility index (Phi) is 5.13. The fourth-order valence-corrected chi connectivity index (χ4v) is 6.27. The molecule has 1 saturated carbocycles. The Morgan fingerprint density at radius 2 is 1.77 bits per heavy atom. The molecule has 0 spiro atoms. The fourth-order valence-electron chi connectivity index (χ4n) is 6.27. The van der Waals surface area contributed by atoms with Crippen molar-refractivity contribution in [3.05, 3.63) is 0 Å². The number of amides is 2. The first-order chi connectivity index (χ1) is 12.6. The van der Waals surface area contributed by atoms with E-state index in [1.807, 2.05) is 0 Å². The van der Waals surface area contributed by atoms with E-state index < -0.39 is 6.09 Å². The molecule has 0 aromatic rings. The van der Waals surface area contributed by atoms with Crippen LogP contribution < -0.4 is 0 Å². The molecule has 1 unspecified atom stereocenters. The molecule has 4 rings (SSSR count). The van der Waals surface area contributed by atoms with Gasteiger partial charge in [0.15, 0.2) is 0 Å². The molecule has 2 amide bonds.